The van der Waals surface area contributed by atoms with E-state index in [-0.39, 0.29) is 6.42 Å². The Kier molecular flexibility index (Phi) is 1.20. The number of amides is 1. The van der Waals surface area contributed by atoms with Crippen LogP contribution < -0.4 is 0 Å². The molecule has 0 unspecified atom stereocenters. The van der Waals surface area contributed by atoms with Crippen molar-refractivity contribution in [2.24, 2.45) is 4.99 Å². The lowest BCUT2D eigenvalue weighted by Crippen LogP contribution is -1.97. The first-order valence-electron chi connectivity index (χ1n) is 2.20. The Morgan fingerprint density at radius 3 is 2.88 bits per heavy atom. The second kappa shape index (κ2) is 1.86. The molecule has 0 aromatic rings. The molecule has 1 rings (SSSR count). The molecule has 0 aliphatic carbocycles. The highest BCUT2D eigenvalue weighted by Crippen LogP contribution is 2.05. The van der Waals surface area contributed by atoms with Crippen molar-refractivity contribution in [3.63, 3.8) is 0 Å². The fourth-order valence-corrected chi connectivity index (χ4v) is 0.450. The van der Waals surface area contributed by atoms with Gasteiger partial charge in [0.25, 0.3) is 5.91 Å². The molecule has 2 nitrogen and oxygen atoms in total. The van der Waals surface area contributed by atoms with Gasteiger partial charge in [0, 0.05) is 6.21 Å². The summed E-state index contributed by atoms with van der Waals surface area (Å²) in [5.74, 6) is -0.824. The van der Waals surface area contributed by atoms with Gasteiger partial charge in [-0.25, -0.2) is 9.38 Å². The van der Waals surface area contributed by atoms with E-state index in [0.29, 0.717) is 0 Å². The van der Waals surface area contributed by atoms with Crippen LogP contribution in [0.2, 0.25) is 0 Å². The molecular weight excluding hydrogens is 109 g/mol. The van der Waals surface area contributed by atoms with Crippen LogP contribution in [0.1, 0.15) is 6.42 Å². The minimum atomic E-state index is -0.412. The lowest BCUT2D eigenvalue weighted by molar-refractivity contribution is -0.117. The standard InChI is InChI=1S/C5H4FNO/c6-4-1-2-7-5(8)3-4/h1-2H,3H2. The predicted molar refractivity (Wildman–Crippen MR) is 27.3 cm³/mol. The van der Waals surface area contributed by atoms with Gasteiger partial charge in [0.1, 0.15) is 5.83 Å². The minimum absolute atomic E-state index is 0.170. The van der Waals surface area contributed by atoms with Gasteiger partial charge in [-0.15, -0.1) is 0 Å². The highest BCUT2D eigenvalue weighted by atomic mass is 19.1. The van der Waals surface area contributed by atoms with Gasteiger partial charge in [-0.05, 0) is 6.08 Å². The molecule has 1 heterocycles. The first-order valence-corrected chi connectivity index (χ1v) is 2.20. The van der Waals surface area contributed by atoms with Crippen molar-refractivity contribution in [1.82, 2.24) is 0 Å². The Hall–Kier alpha value is -0.990. The smallest absolute Gasteiger partial charge is 0.252 e. The van der Waals surface area contributed by atoms with Gasteiger partial charge in [-0.1, -0.05) is 0 Å². The summed E-state index contributed by atoms with van der Waals surface area (Å²) in [6.45, 7) is 0. The van der Waals surface area contributed by atoms with Crippen LogP contribution in [-0.4, -0.2) is 12.1 Å². The molecule has 3 heteroatoms. The summed E-state index contributed by atoms with van der Waals surface area (Å²) in [4.78, 5) is 13.5. The maximum Gasteiger partial charge on any atom is 0.252 e. The monoisotopic (exact) mass is 113 g/mol. The van der Waals surface area contributed by atoms with Crippen LogP contribution >= 0.6 is 0 Å². The van der Waals surface area contributed by atoms with Crippen molar-refractivity contribution in [2.45, 2.75) is 6.42 Å². The molecule has 0 saturated heterocycles. The van der Waals surface area contributed by atoms with E-state index in [1.54, 1.807) is 0 Å². The maximum atomic E-state index is 12.0. The van der Waals surface area contributed by atoms with Crippen molar-refractivity contribution in [1.29, 1.82) is 0 Å². The lowest BCUT2D eigenvalue weighted by Gasteiger charge is -1.93. The highest BCUT2D eigenvalue weighted by Gasteiger charge is 2.05. The second-order valence-corrected chi connectivity index (χ2v) is 1.46. The topological polar surface area (TPSA) is 29.4 Å². The van der Waals surface area contributed by atoms with Crippen LogP contribution in [0.5, 0.6) is 0 Å². The summed E-state index contributed by atoms with van der Waals surface area (Å²) < 4.78 is 12.0. The number of dihydropyridines is 1. The first kappa shape index (κ1) is 5.15. The Morgan fingerprint density at radius 1 is 1.75 bits per heavy atom. The lowest BCUT2D eigenvalue weighted by atomic mass is 10.3. The molecule has 0 radical (unpaired) electrons. The van der Waals surface area contributed by atoms with Crippen molar-refractivity contribution < 1.29 is 9.18 Å². The molecule has 1 aliphatic rings. The Labute approximate surface area is 45.7 Å². The Bertz CT molecular complexity index is 171. The zero-order valence-electron chi connectivity index (χ0n) is 4.10. The van der Waals surface area contributed by atoms with E-state index in [0.717, 1.165) is 0 Å². The van der Waals surface area contributed by atoms with Crippen molar-refractivity contribution in [3.8, 4) is 0 Å². The van der Waals surface area contributed by atoms with Crippen LogP contribution in [0, 0.1) is 0 Å². The van der Waals surface area contributed by atoms with Crippen LogP contribution in [0.4, 0.5) is 4.39 Å². The Morgan fingerprint density at radius 2 is 2.50 bits per heavy atom. The average molecular weight is 113 g/mol. The molecule has 0 aromatic heterocycles. The average Bonchev–Trinajstić information content (AvgIpc) is 1.64. The minimum Gasteiger partial charge on any atom is -0.272 e. The molecule has 0 N–H and O–H groups in total. The molecule has 0 saturated carbocycles. The normalized spacial score (nSPS) is 18.6. The van der Waals surface area contributed by atoms with Gasteiger partial charge in [0.2, 0.25) is 0 Å². The van der Waals surface area contributed by atoms with E-state index in [1.807, 2.05) is 0 Å². The summed E-state index contributed by atoms with van der Waals surface area (Å²) >= 11 is 0. The number of carbonyl (C=O) groups is 1. The molecule has 8 heavy (non-hydrogen) atoms. The fraction of sp³-hybridized carbons (Fsp3) is 0.200. The van der Waals surface area contributed by atoms with Gasteiger partial charge in [-0.2, -0.15) is 0 Å². The van der Waals surface area contributed by atoms with Crippen LogP contribution in [0.3, 0.4) is 0 Å². The summed E-state index contributed by atoms with van der Waals surface area (Å²) in [7, 11) is 0. The third kappa shape index (κ3) is 0.992. The second-order valence-electron chi connectivity index (χ2n) is 1.46. The van der Waals surface area contributed by atoms with Gasteiger partial charge in [0.05, 0.1) is 6.42 Å². The Balaban J connectivity index is 2.73. The van der Waals surface area contributed by atoms with Crippen LogP contribution in [-0.2, 0) is 4.79 Å². The van der Waals surface area contributed by atoms with Crippen molar-refractivity contribution >= 4 is 12.1 Å². The predicted octanol–water partition coefficient (Wildman–Crippen LogP) is 0.841. The van der Waals surface area contributed by atoms with Crippen LogP contribution in [0.25, 0.3) is 0 Å². The number of hydrogen-bond acceptors (Lipinski definition) is 1. The summed E-state index contributed by atoms with van der Waals surface area (Å²) in [5, 5.41) is 0. The van der Waals surface area contributed by atoms with Gasteiger partial charge < -0.3 is 0 Å². The third-order valence-electron chi connectivity index (χ3n) is 0.794. The molecule has 0 atom stereocenters. The number of rotatable bonds is 0. The zero-order chi connectivity index (χ0) is 5.98. The van der Waals surface area contributed by atoms with Crippen molar-refractivity contribution in [3.05, 3.63) is 11.9 Å². The van der Waals surface area contributed by atoms with E-state index in [4.69, 9.17) is 0 Å². The molecule has 1 aliphatic heterocycles. The largest absolute Gasteiger partial charge is 0.272 e. The van der Waals surface area contributed by atoms with E-state index < -0.39 is 11.7 Å². The van der Waals surface area contributed by atoms with Crippen molar-refractivity contribution in [2.75, 3.05) is 0 Å². The molecule has 0 spiro atoms. The van der Waals surface area contributed by atoms with Crippen LogP contribution in [0.15, 0.2) is 16.9 Å². The summed E-state index contributed by atoms with van der Waals surface area (Å²) in [6.07, 6.45) is 2.18. The zero-order valence-corrected chi connectivity index (χ0v) is 4.10. The van der Waals surface area contributed by atoms with Gasteiger partial charge in [0.15, 0.2) is 0 Å². The quantitative estimate of drug-likeness (QED) is 0.457. The maximum absolute atomic E-state index is 12.0. The molecular formula is C5H4FNO. The summed E-state index contributed by atoms with van der Waals surface area (Å²) in [5.41, 5.74) is 0. The van der Waals surface area contributed by atoms with Gasteiger partial charge in [-0.3, -0.25) is 4.79 Å². The number of halogens is 1. The van der Waals surface area contributed by atoms with Gasteiger partial charge >= 0.3 is 0 Å². The number of aliphatic imine (C=N–C) groups is 1. The molecule has 0 aromatic carbocycles. The molecule has 42 valence electrons. The SMILES string of the molecule is O=C1CC(F)=CC=N1. The fourth-order valence-electron chi connectivity index (χ4n) is 0.450. The van der Waals surface area contributed by atoms with E-state index in [9.17, 15) is 9.18 Å². The highest BCUT2D eigenvalue weighted by molar-refractivity contribution is 5.93. The third-order valence-corrected chi connectivity index (χ3v) is 0.794. The van der Waals surface area contributed by atoms with E-state index in [1.165, 1.54) is 12.3 Å². The molecule has 1 amide bonds. The van der Waals surface area contributed by atoms with E-state index in [2.05, 4.69) is 4.99 Å². The number of allylic oxidation sites excluding steroid dienone is 1. The number of hydrogen-bond donors (Lipinski definition) is 0. The number of carbonyl (C=O) groups excluding carboxylic acids is 1. The summed E-state index contributed by atoms with van der Waals surface area (Å²) in [6, 6.07) is 0. The first-order chi connectivity index (χ1) is 3.79. The molecule has 0 fully saturated rings. The molecule has 0 bridgehead atoms. The van der Waals surface area contributed by atoms with E-state index >= 15 is 0 Å². The number of nitrogens with zero attached hydrogens (tertiary/aromatic N) is 1.